The number of rotatable bonds is 11. The molecule has 0 radical (unpaired) electrons. The number of hydrogen-bond acceptors (Lipinski definition) is 7. The molecule has 0 fully saturated rings. The fraction of sp³-hybridized carbons (Fsp3) is 0.405. The number of benzene rings is 4. The van der Waals surface area contributed by atoms with Gasteiger partial charge in [-0.2, -0.15) is 0 Å². The van der Waals surface area contributed by atoms with Gasteiger partial charge in [0.15, 0.2) is 11.5 Å². The second kappa shape index (κ2) is 20.0. The smallest absolute Gasteiger partial charge is 0.337 e. The van der Waals surface area contributed by atoms with Crippen LogP contribution in [0, 0.1) is 26.7 Å². The molecule has 0 aliphatic rings. The summed E-state index contributed by atoms with van der Waals surface area (Å²) in [5.74, 6) is 1.95. The predicted molar refractivity (Wildman–Crippen MR) is 204 cm³/mol. The van der Waals surface area contributed by atoms with E-state index < -0.39 is 5.97 Å². The van der Waals surface area contributed by atoms with Crippen LogP contribution in [0.25, 0.3) is 11.1 Å². The molecule has 4 rings (SSSR count). The van der Waals surface area contributed by atoms with Crippen molar-refractivity contribution in [3.63, 3.8) is 0 Å². The molecule has 6 nitrogen and oxygen atoms in total. The molecule has 0 atom stereocenters. The van der Waals surface area contributed by atoms with Crippen LogP contribution in [0.4, 0.5) is 0 Å². The number of esters is 1. The van der Waals surface area contributed by atoms with E-state index >= 15 is 0 Å². The van der Waals surface area contributed by atoms with Gasteiger partial charge in [0, 0.05) is 16.9 Å². The number of ether oxygens (including phenoxy) is 4. The van der Waals surface area contributed by atoms with Crippen molar-refractivity contribution < 1.29 is 28.8 Å². The van der Waals surface area contributed by atoms with Gasteiger partial charge in [-0.3, -0.25) is 0 Å². The van der Waals surface area contributed by atoms with Gasteiger partial charge in [0.05, 0.1) is 13.2 Å². The standard InChI is InChI=1S/C36H40O6S.C4H10.C2H6/c1-23-18-26(19-24(2)34(23)36(4,5)6)27-20-25(3)35(32(21-27)42-33(38)22-40-17-16-39-7)41-29-10-14-31(15-11-29)43-30-12-8-28(37)9-13-30;1-4(2)3;1-2/h8-15,18-21,37H,16-17,22H2,1-7H3;4H,1-3H3;1-2H3. The highest BCUT2D eigenvalue weighted by atomic mass is 32.2. The summed E-state index contributed by atoms with van der Waals surface area (Å²) in [7, 11) is 1.58. The molecule has 0 heterocycles. The Kier molecular flexibility index (Phi) is 16.9. The third kappa shape index (κ3) is 13.6. The first-order valence-corrected chi connectivity index (χ1v) is 17.8. The lowest BCUT2D eigenvalue weighted by Gasteiger charge is -2.25. The van der Waals surface area contributed by atoms with E-state index in [9.17, 15) is 9.90 Å². The molecule has 0 saturated heterocycles. The van der Waals surface area contributed by atoms with Crippen molar-refractivity contribution in [2.24, 2.45) is 5.92 Å². The van der Waals surface area contributed by atoms with Gasteiger partial charge >= 0.3 is 5.97 Å². The highest BCUT2D eigenvalue weighted by Crippen LogP contribution is 2.41. The summed E-state index contributed by atoms with van der Waals surface area (Å²) in [4.78, 5) is 14.8. The Hall–Kier alpha value is -3.78. The highest BCUT2D eigenvalue weighted by Gasteiger charge is 2.21. The van der Waals surface area contributed by atoms with Crippen molar-refractivity contribution in [1.82, 2.24) is 0 Å². The summed E-state index contributed by atoms with van der Waals surface area (Å²) < 4.78 is 22.6. The number of carbonyl (C=O) groups is 1. The maximum absolute atomic E-state index is 12.8. The largest absolute Gasteiger partial charge is 0.508 e. The number of methoxy groups -OCH3 is 1. The van der Waals surface area contributed by atoms with Crippen molar-refractivity contribution in [2.75, 3.05) is 26.9 Å². The molecule has 7 heteroatoms. The summed E-state index contributed by atoms with van der Waals surface area (Å²) in [5, 5.41) is 9.54. The molecule has 49 heavy (non-hydrogen) atoms. The Morgan fingerprint density at radius 1 is 0.776 bits per heavy atom. The summed E-state index contributed by atoms with van der Waals surface area (Å²) in [6, 6.07) is 23.1. The maximum Gasteiger partial charge on any atom is 0.337 e. The average Bonchev–Trinajstić information content (AvgIpc) is 3.02. The zero-order valence-corrected chi connectivity index (χ0v) is 32.3. The molecule has 0 amide bonds. The SMILES string of the molecule is CC.CC(C)C.COCCOCC(=O)Oc1cc(-c2cc(C)c(C(C)(C)C)c(C)c2)cc(C)c1Oc1ccc(Sc2ccc(O)cc2)cc1. The van der Waals surface area contributed by atoms with E-state index in [-0.39, 0.29) is 17.8 Å². The van der Waals surface area contributed by atoms with Crippen LogP contribution in [0.5, 0.6) is 23.0 Å². The van der Waals surface area contributed by atoms with Crippen LogP contribution in [-0.2, 0) is 19.7 Å². The minimum Gasteiger partial charge on any atom is -0.508 e. The number of phenols is 1. The molecule has 266 valence electrons. The van der Waals surface area contributed by atoms with Gasteiger partial charge in [0.2, 0.25) is 0 Å². The summed E-state index contributed by atoms with van der Waals surface area (Å²) in [6.45, 7) is 23.9. The maximum atomic E-state index is 12.8. The van der Waals surface area contributed by atoms with Crippen LogP contribution in [0.1, 0.15) is 77.6 Å². The van der Waals surface area contributed by atoms with Crippen molar-refractivity contribution in [3.8, 4) is 34.1 Å². The molecule has 0 saturated carbocycles. The van der Waals surface area contributed by atoms with E-state index in [1.165, 1.54) is 16.7 Å². The normalized spacial score (nSPS) is 10.9. The minimum atomic E-state index is -0.520. The Bertz CT molecular complexity index is 1580. The van der Waals surface area contributed by atoms with Crippen molar-refractivity contribution >= 4 is 17.7 Å². The lowest BCUT2D eigenvalue weighted by atomic mass is 9.80. The van der Waals surface area contributed by atoms with Gasteiger partial charge in [0.1, 0.15) is 18.1 Å². The van der Waals surface area contributed by atoms with E-state index in [0.717, 1.165) is 32.4 Å². The fourth-order valence-electron chi connectivity index (χ4n) is 5.22. The van der Waals surface area contributed by atoms with Gasteiger partial charge in [-0.05, 0) is 126 Å². The van der Waals surface area contributed by atoms with Crippen LogP contribution in [0.3, 0.4) is 0 Å². The molecule has 0 spiro atoms. The molecule has 4 aromatic carbocycles. The van der Waals surface area contributed by atoms with Crippen molar-refractivity contribution in [3.05, 3.63) is 95.1 Å². The summed E-state index contributed by atoms with van der Waals surface area (Å²) >= 11 is 1.58. The van der Waals surface area contributed by atoms with Gasteiger partial charge in [-0.25, -0.2) is 4.79 Å². The molecule has 0 unspecified atom stereocenters. The van der Waals surface area contributed by atoms with E-state index in [1.54, 1.807) is 31.0 Å². The quantitative estimate of drug-likeness (QED) is 0.0955. The highest BCUT2D eigenvalue weighted by molar-refractivity contribution is 7.99. The fourth-order valence-corrected chi connectivity index (χ4v) is 6.04. The van der Waals surface area contributed by atoms with Crippen LogP contribution < -0.4 is 9.47 Å². The topological polar surface area (TPSA) is 74.2 Å². The zero-order chi connectivity index (χ0) is 36.7. The lowest BCUT2D eigenvalue weighted by molar-refractivity contribution is -0.140. The zero-order valence-electron chi connectivity index (χ0n) is 31.5. The first-order chi connectivity index (χ1) is 23.2. The minimum absolute atomic E-state index is 0.0297. The van der Waals surface area contributed by atoms with E-state index in [4.69, 9.17) is 18.9 Å². The van der Waals surface area contributed by atoms with Crippen LogP contribution in [-0.4, -0.2) is 38.0 Å². The van der Waals surface area contributed by atoms with E-state index in [0.29, 0.717) is 30.5 Å². The number of hydrogen-bond donors (Lipinski definition) is 1. The summed E-state index contributed by atoms with van der Waals surface area (Å²) in [6.07, 6.45) is 0. The number of phenolic OH excluding ortho intramolecular Hbond substituents is 1. The molecule has 1 N–H and O–H groups in total. The van der Waals surface area contributed by atoms with Crippen LogP contribution in [0.15, 0.2) is 82.6 Å². The summed E-state index contributed by atoms with van der Waals surface area (Å²) in [5.41, 5.74) is 6.61. The first kappa shape index (κ1) is 41.4. The Morgan fingerprint density at radius 2 is 1.27 bits per heavy atom. The average molecular weight is 689 g/mol. The van der Waals surface area contributed by atoms with Crippen molar-refractivity contribution in [2.45, 2.75) is 91.4 Å². The Balaban J connectivity index is 0.00000129. The Morgan fingerprint density at radius 3 is 1.78 bits per heavy atom. The van der Waals surface area contributed by atoms with Crippen LogP contribution in [0.2, 0.25) is 0 Å². The molecule has 4 aromatic rings. The molecular weight excluding hydrogens is 633 g/mol. The Labute approximate surface area is 299 Å². The number of aromatic hydroxyl groups is 1. The molecule has 0 bridgehead atoms. The monoisotopic (exact) mass is 688 g/mol. The second-order valence-electron chi connectivity index (χ2n) is 13.3. The third-order valence-electron chi connectivity index (χ3n) is 6.85. The van der Waals surface area contributed by atoms with Gasteiger partial charge in [0.25, 0.3) is 0 Å². The second-order valence-corrected chi connectivity index (χ2v) is 14.4. The first-order valence-electron chi connectivity index (χ1n) is 17.0. The molecular formula is C42H56O6S. The van der Waals surface area contributed by atoms with Gasteiger partial charge < -0.3 is 24.1 Å². The van der Waals surface area contributed by atoms with E-state index in [2.05, 4.69) is 73.6 Å². The molecule has 0 aliphatic carbocycles. The van der Waals surface area contributed by atoms with Gasteiger partial charge in [-0.1, -0.05) is 79.3 Å². The number of carbonyl (C=O) groups excluding carboxylic acids is 1. The number of aryl methyl sites for hydroxylation is 3. The molecule has 0 aliphatic heterocycles. The van der Waals surface area contributed by atoms with Gasteiger partial charge in [-0.15, -0.1) is 0 Å². The van der Waals surface area contributed by atoms with Crippen LogP contribution >= 0.6 is 11.8 Å². The van der Waals surface area contributed by atoms with E-state index in [1.807, 2.05) is 63.2 Å². The van der Waals surface area contributed by atoms with Crippen molar-refractivity contribution in [1.29, 1.82) is 0 Å². The third-order valence-corrected chi connectivity index (χ3v) is 7.86. The predicted octanol–water partition coefficient (Wildman–Crippen LogP) is 11.5. The molecule has 0 aromatic heterocycles. The lowest BCUT2D eigenvalue weighted by Crippen LogP contribution is -2.18.